The first kappa shape index (κ1) is 12.8. The Morgan fingerprint density at radius 2 is 2.21 bits per heavy atom. The monoisotopic (exact) mass is 279 g/mol. The molecule has 1 atom stereocenters. The summed E-state index contributed by atoms with van der Waals surface area (Å²) in [5, 5.41) is 4.25. The van der Waals surface area contributed by atoms with Crippen LogP contribution in [0.1, 0.15) is 19.8 Å². The van der Waals surface area contributed by atoms with Gasteiger partial charge in [0, 0.05) is 18.7 Å². The molecule has 0 aliphatic carbocycles. The molecule has 0 spiro atoms. The number of nitrogens with one attached hydrogen (secondary N) is 1. The summed E-state index contributed by atoms with van der Waals surface area (Å²) in [6.45, 7) is 5.54. The lowest BCUT2D eigenvalue weighted by atomic mass is 10.3. The number of halogens is 1. The smallest absolute Gasteiger partial charge is 0.183 e. The van der Waals surface area contributed by atoms with Crippen molar-refractivity contribution >= 4 is 26.7 Å². The molecule has 1 aromatic carbocycles. The zero-order chi connectivity index (χ0) is 13.2. The topological polar surface area (TPSA) is 28.2 Å². The number of hydrogen-bond donors (Lipinski definition) is 1. The molecule has 1 aliphatic rings. The Labute approximate surface area is 116 Å². The van der Waals surface area contributed by atoms with Gasteiger partial charge in [0.15, 0.2) is 5.13 Å². The van der Waals surface area contributed by atoms with Crippen LogP contribution < -0.4 is 5.32 Å². The maximum absolute atomic E-state index is 13.1. The fourth-order valence-electron chi connectivity index (χ4n) is 2.52. The van der Waals surface area contributed by atoms with Crippen molar-refractivity contribution in [2.45, 2.75) is 25.8 Å². The van der Waals surface area contributed by atoms with E-state index in [1.54, 1.807) is 17.4 Å². The van der Waals surface area contributed by atoms with Crippen LogP contribution in [0.2, 0.25) is 0 Å². The van der Waals surface area contributed by atoms with Gasteiger partial charge in [0.1, 0.15) is 5.82 Å². The van der Waals surface area contributed by atoms with Gasteiger partial charge in [-0.3, -0.25) is 4.90 Å². The summed E-state index contributed by atoms with van der Waals surface area (Å²) in [6, 6.07) is 5.28. The molecule has 3 rings (SSSR count). The normalized spacial score (nSPS) is 18.0. The van der Waals surface area contributed by atoms with E-state index in [4.69, 9.17) is 0 Å². The summed E-state index contributed by atoms with van der Waals surface area (Å²) in [5.41, 5.74) is 0.737. The molecule has 1 N–H and O–H groups in total. The number of aromatic nitrogens is 1. The lowest BCUT2D eigenvalue weighted by Gasteiger charge is -2.23. The molecule has 0 saturated carbocycles. The molecule has 1 aromatic heterocycles. The van der Waals surface area contributed by atoms with Crippen molar-refractivity contribution in [3.63, 3.8) is 0 Å². The molecule has 102 valence electrons. The van der Waals surface area contributed by atoms with Crippen LogP contribution in [0, 0.1) is 5.82 Å². The Kier molecular flexibility index (Phi) is 3.66. The number of benzene rings is 1. The number of fused-ring (bicyclic) bond motifs is 1. The number of rotatable bonds is 4. The standard InChI is InChI=1S/C14H18FN3S/c1-10(18-6-2-3-7-18)9-16-14-17-12-8-11(15)4-5-13(12)19-14/h4-5,8,10H,2-3,6-7,9H2,1H3,(H,16,17). The predicted molar refractivity (Wildman–Crippen MR) is 78.3 cm³/mol. The summed E-state index contributed by atoms with van der Waals surface area (Å²) < 4.78 is 14.1. The fraction of sp³-hybridized carbons (Fsp3) is 0.500. The lowest BCUT2D eigenvalue weighted by Crippen LogP contribution is -2.35. The summed E-state index contributed by atoms with van der Waals surface area (Å²) in [4.78, 5) is 6.92. The van der Waals surface area contributed by atoms with Crippen molar-refractivity contribution < 1.29 is 4.39 Å². The maximum Gasteiger partial charge on any atom is 0.183 e. The van der Waals surface area contributed by atoms with Gasteiger partial charge in [0.25, 0.3) is 0 Å². The van der Waals surface area contributed by atoms with Crippen LogP contribution in [0.5, 0.6) is 0 Å². The summed E-state index contributed by atoms with van der Waals surface area (Å²) in [5.74, 6) is -0.227. The van der Waals surface area contributed by atoms with Gasteiger partial charge < -0.3 is 5.32 Å². The number of anilines is 1. The molecule has 0 bridgehead atoms. The highest BCUT2D eigenvalue weighted by atomic mass is 32.1. The zero-order valence-corrected chi connectivity index (χ0v) is 11.8. The second kappa shape index (κ2) is 5.43. The van der Waals surface area contributed by atoms with E-state index in [0.717, 1.165) is 21.9 Å². The van der Waals surface area contributed by atoms with Crippen LogP contribution in [-0.4, -0.2) is 35.6 Å². The van der Waals surface area contributed by atoms with Crippen molar-refractivity contribution in [2.75, 3.05) is 25.0 Å². The van der Waals surface area contributed by atoms with Crippen molar-refractivity contribution in [1.82, 2.24) is 9.88 Å². The van der Waals surface area contributed by atoms with Crippen molar-refractivity contribution in [1.29, 1.82) is 0 Å². The van der Waals surface area contributed by atoms with Gasteiger partial charge in [0.2, 0.25) is 0 Å². The van der Waals surface area contributed by atoms with Crippen LogP contribution in [0.4, 0.5) is 9.52 Å². The Hall–Kier alpha value is -1.20. The predicted octanol–water partition coefficient (Wildman–Crippen LogP) is 3.33. The van der Waals surface area contributed by atoms with Crippen LogP contribution in [0.25, 0.3) is 10.2 Å². The third kappa shape index (κ3) is 2.87. The van der Waals surface area contributed by atoms with Crippen molar-refractivity contribution in [3.8, 4) is 0 Å². The van der Waals surface area contributed by atoms with E-state index in [2.05, 4.69) is 22.1 Å². The van der Waals surface area contributed by atoms with Gasteiger partial charge in [-0.15, -0.1) is 0 Å². The number of likely N-dealkylation sites (tertiary alicyclic amines) is 1. The van der Waals surface area contributed by atoms with E-state index < -0.39 is 0 Å². The molecule has 3 nitrogen and oxygen atoms in total. The third-order valence-corrected chi connectivity index (χ3v) is 4.66. The van der Waals surface area contributed by atoms with E-state index in [0.29, 0.717) is 6.04 Å². The van der Waals surface area contributed by atoms with Gasteiger partial charge in [-0.05, 0) is 45.0 Å². The fourth-order valence-corrected chi connectivity index (χ4v) is 3.38. The van der Waals surface area contributed by atoms with Crippen molar-refractivity contribution in [3.05, 3.63) is 24.0 Å². The first-order chi connectivity index (χ1) is 9.22. The van der Waals surface area contributed by atoms with Crippen LogP contribution in [-0.2, 0) is 0 Å². The highest BCUT2D eigenvalue weighted by Crippen LogP contribution is 2.26. The van der Waals surface area contributed by atoms with Crippen LogP contribution in [0.15, 0.2) is 18.2 Å². The first-order valence-electron chi connectivity index (χ1n) is 6.76. The molecular weight excluding hydrogens is 261 g/mol. The average Bonchev–Trinajstić information content (AvgIpc) is 3.04. The quantitative estimate of drug-likeness (QED) is 0.930. The number of nitrogens with zero attached hydrogens (tertiary/aromatic N) is 2. The molecule has 0 radical (unpaired) electrons. The lowest BCUT2D eigenvalue weighted by molar-refractivity contribution is 0.269. The highest BCUT2D eigenvalue weighted by molar-refractivity contribution is 7.22. The molecule has 1 saturated heterocycles. The second-order valence-electron chi connectivity index (χ2n) is 5.10. The minimum absolute atomic E-state index is 0.227. The van der Waals surface area contributed by atoms with E-state index in [1.807, 2.05) is 0 Å². The molecule has 0 amide bonds. The molecule has 2 aromatic rings. The molecule has 2 heterocycles. The minimum Gasteiger partial charge on any atom is -0.360 e. The molecule has 19 heavy (non-hydrogen) atoms. The van der Waals surface area contributed by atoms with Gasteiger partial charge >= 0.3 is 0 Å². The van der Waals surface area contributed by atoms with E-state index >= 15 is 0 Å². The largest absolute Gasteiger partial charge is 0.360 e. The summed E-state index contributed by atoms with van der Waals surface area (Å²) >= 11 is 1.58. The Morgan fingerprint density at radius 1 is 1.42 bits per heavy atom. The summed E-state index contributed by atoms with van der Waals surface area (Å²) in [7, 11) is 0. The third-order valence-electron chi connectivity index (χ3n) is 3.66. The maximum atomic E-state index is 13.1. The summed E-state index contributed by atoms with van der Waals surface area (Å²) in [6.07, 6.45) is 2.62. The number of thiazole rings is 1. The average molecular weight is 279 g/mol. The molecule has 1 aliphatic heterocycles. The van der Waals surface area contributed by atoms with Crippen LogP contribution >= 0.6 is 11.3 Å². The molecular formula is C14H18FN3S. The van der Waals surface area contributed by atoms with Crippen LogP contribution in [0.3, 0.4) is 0 Å². The minimum atomic E-state index is -0.227. The highest BCUT2D eigenvalue weighted by Gasteiger charge is 2.17. The SMILES string of the molecule is CC(CNc1nc2cc(F)ccc2s1)N1CCCC1. The Bertz CT molecular complexity index is 563. The van der Waals surface area contributed by atoms with E-state index in [-0.39, 0.29) is 5.82 Å². The molecule has 1 unspecified atom stereocenters. The Morgan fingerprint density at radius 3 is 3.00 bits per heavy atom. The second-order valence-corrected chi connectivity index (χ2v) is 6.13. The molecule has 1 fully saturated rings. The first-order valence-corrected chi connectivity index (χ1v) is 7.58. The van der Waals surface area contributed by atoms with Gasteiger partial charge in [-0.1, -0.05) is 11.3 Å². The van der Waals surface area contributed by atoms with Crippen molar-refractivity contribution in [2.24, 2.45) is 0 Å². The van der Waals surface area contributed by atoms with E-state index in [9.17, 15) is 4.39 Å². The molecule has 5 heteroatoms. The number of hydrogen-bond acceptors (Lipinski definition) is 4. The zero-order valence-electron chi connectivity index (χ0n) is 11.0. The van der Waals surface area contributed by atoms with E-state index in [1.165, 1.54) is 38.1 Å². The van der Waals surface area contributed by atoms with Gasteiger partial charge in [0.05, 0.1) is 10.2 Å². The van der Waals surface area contributed by atoms with Gasteiger partial charge in [-0.25, -0.2) is 9.37 Å². The van der Waals surface area contributed by atoms with Gasteiger partial charge in [-0.2, -0.15) is 0 Å². The Balaban J connectivity index is 1.64.